The number of ether oxygens (including phenoxy) is 1. The fourth-order valence-electron chi connectivity index (χ4n) is 1.66. The number of aryl methyl sites for hydroxylation is 1. The van der Waals surface area contributed by atoms with Gasteiger partial charge in [0.05, 0.1) is 24.9 Å². The molecule has 1 rings (SSSR count). The molecule has 104 valence electrons. The number of hydrogen-bond donors (Lipinski definition) is 1. The zero-order valence-electron chi connectivity index (χ0n) is 12.1. The van der Waals surface area contributed by atoms with E-state index in [1.807, 2.05) is 51.8 Å². The van der Waals surface area contributed by atoms with Crippen LogP contribution in [-0.2, 0) is 11.3 Å². The van der Waals surface area contributed by atoms with Crippen molar-refractivity contribution in [2.24, 2.45) is 0 Å². The van der Waals surface area contributed by atoms with Crippen LogP contribution in [0.15, 0.2) is 16.5 Å². The van der Waals surface area contributed by atoms with Gasteiger partial charge in [-0.2, -0.15) is 0 Å². The van der Waals surface area contributed by atoms with Gasteiger partial charge in [-0.3, -0.25) is 4.90 Å². The molecule has 0 saturated heterocycles. The Morgan fingerprint density at radius 2 is 2.06 bits per heavy atom. The summed E-state index contributed by atoms with van der Waals surface area (Å²) < 4.78 is 11.0. The lowest BCUT2D eigenvalue weighted by Crippen LogP contribution is -2.34. The highest BCUT2D eigenvalue weighted by molar-refractivity contribution is 5.05. The molecule has 1 unspecified atom stereocenters. The third-order valence-electron chi connectivity index (χ3n) is 2.45. The highest BCUT2D eigenvalue weighted by Gasteiger charge is 2.15. The van der Waals surface area contributed by atoms with Crippen molar-refractivity contribution in [2.45, 2.75) is 45.9 Å². The van der Waals surface area contributed by atoms with Gasteiger partial charge in [-0.1, -0.05) is 0 Å². The number of hydrogen-bond acceptors (Lipinski definition) is 4. The Bertz CT molecular complexity index is 354. The smallest absolute Gasteiger partial charge is 0.118 e. The normalized spacial score (nSPS) is 14.2. The number of aliphatic hydroxyl groups excluding tert-OH is 1. The van der Waals surface area contributed by atoms with Gasteiger partial charge >= 0.3 is 0 Å². The first-order chi connectivity index (χ1) is 8.26. The maximum Gasteiger partial charge on any atom is 0.118 e. The monoisotopic (exact) mass is 255 g/mol. The van der Waals surface area contributed by atoms with E-state index in [9.17, 15) is 5.11 Å². The molecule has 1 heterocycles. The van der Waals surface area contributed by atoms with Crippen LogP contribution in [-0.4, -0.2) is 41.9 Å². The van der Waals surface area contributed by atoms with Gasteiger partial charge < -0.3 is 14.3 Å². The molecular weight excluding hydrogens is 230 g/mol. The van der Waals surface area contributed by atoms with Crippen molar-refractivity contribution in [1.29, 1.82) is 0 Å². The molecule has 0 aliphatic carbocycles. The number of nitrogens with zero attached hydrogens (tertiary/aromatic N) is 1. The van der Waals surface area contributed by atoms with E-state index in [0.717, 1.165) is 11.5 Å². The summed E-state index contributed by atoms with van der Waals surface area (Å²) >= 11 is 0. The average Bonchev–Trinajstić information content (AvgIpc) is 2.59. The molecule has 0 bridgehead atoms. The highest BCUT2D eigenvalue weighted by Crippen LogP contribution is 2.10. The van der Waals surface area contributed by atoms with Crippen molar-refractivity contribution in [3.05, 3.63) is 23.7 Å². The average molecular weight is 255 g/mol. The van der Waals surface area contributed by atoms with Crippen molar-refractivity contribution in [2.75, 3.05) is 20.2 Å². The Morgan fingerprint density at radius 3 is 2.56 bits per heavy atom. The molecule has 0 fully saturated rings. The van der Waals surface area contributed by atoms with Crippen LogP contribution in [0.3, 0.4) is 0 Å². The number of likely N-dealkylation sites (N-methyl/N-ethyl adjacent to an activating group) is 1. The molecule has 1 aromatic heterocycles. The molecule has 1 atom stereocenters. The third-order valence-corrected chi connectivity index (χ3v) is 2.45. The van der Waals surface area contributed by atoms with E-state index in [0.29, 0.717) is 19.7 Å². The molecule has 4 nitrogen and oxygen atoms in total. The summed E-state index contributed by atoms with van der Waals surface area (Å²) in [6, 6.07) is 3.91. The summed E-state index contributed by atoms with van der Waals surface area (Å²) in [6.07, 6.45) is -0.481. The molecule has 4 heteroatoms. The van der Waals surface area contributed by atoms with Gasteiger partial charge in [0, 0.05) is 6.54 Å². The van der Waals surface area contributed by atoms with E-state index < -0.39 is 6.10 Å². The van der Waals surface area contributed by atoms with Crippen molar-refractivity contribution in [1.82, 2.24) is 4.90 Å². The Balaban J connectivity index is 2.29. The van der Waals surface area contributed by atoms with Crippen molar-refractivity contribution >= 4 is 0 Å². The summed E-state index contributed by atoms with van der Waals surface area (Å²) in [4.78, 5) is 2.02. The first-order valence-electron chi connectivity index (χ1n) is 6.32. The lowest BCUT2D eigenvalue weighted by Gasteiger charge is -2.24. The molecule has 0 amide bonds. The Morgan fingerprint density at radius 1 is 1.39 bits per heavy atom. The molecule has 0 saturated carbocycles. The number of aliphatic hydroxyl groups is 1. The minimum absolute atomic E-state index is 0.211. The van der Waals surface area contributed by atoms with E-state index >= 15 is 0 Å². The zero-order valence-corrected chi connectivity index (χ0v) is 12.1. The maximum atomic E-state index is 9.87. The molecule has 0 aliphatic heterocycles. The molecule has 0 aromatic carbocycles. The Labute approximate surface area is 110 Å². The van der Waals surface area contributed by atoms with Gasteiger partial charge in [0.1, 0.15) is 11.5 Å². The lowest BCUT2D eigenvalue weighted by molar-refractivity contribution is -0.0553. The summed E-state index contributed by atoms with van der Waals surface area (Å²) in [5.41, 5.74) is -0.211. The number of furan rings is 1. The van der Waals surface area contributed by atoms with Gasteiger partial charge in [-0.25, -0.2) is 0 Å². The molecule has 18 heavy (non-hydrogen) atoms. The topological polar surface area (TPSA) is 45.8 Å². The largest absolute Gasteiger partial charge is 0.465 e. The SMILES string of the molecule is Cc1ccc(CN(C)CC(O)COC(C)(C)C)o1. The maximum absolute atomic E-state index is 9.87. The summed E-state index contributed by atoms with van der Waals surface area (Å²) in [5.74, 6) is 1.83. The molecule has 0 radical (unpaired) electrons. The fraction of sp³-hybridized carbons (Fsp3) is 0.714. The molecule has 1 aromatic rings. The predicted molar refractivity (Wildman–Crippen MR) is 71.5 cm³/mol. The van der Waals surface area contributed by atoms with Gasteiger partial charge in [-0.05, 0) is 46.9 Å². The van der Waals surface area contributed by atoms with E-state index in [4.69, 9.17) is 9.15 Å². The van der Waals surface area contributed by atoms with Crippen LogP contribution in [0.25, 0.3) is 0 Å². The van der Waals surface area contributed by atoms with Crippen LogP contribution in [0.2, 0.25) is 0 Å². The van der Waals surface area contributed by atoms with Crippen LogP contribution in [0.5, 0.6) is 0 Å². The van der Waals surface area contributed by atoms with Crippen LogP contribution in [0.4, 0.5) is 0 Å². The van der Waals surface area contributed by atoms with E-state index in [1.54, 1.807) is 0 Å². The third kappa shape index (κ3) is 6.19. The summed E-state index contributed by atoms with van der Waals surface area (Å²) in [6.45, 7) is 9.48. The van der Waals surface area contributed by atoms with Crippen molar-refractivity contribution < 1.29 is 14.3 Å². The minimum Gasteiger partial charge on any atom is -0.465 e. The van der Waals surface area contributed by atoms with E-state index in [-0.39, 0.29) is 5.60 Å². The molecule has 0 aliphatic rings. The molecular formula is C14H25NO3. The first kappa shape index (κ1) is 15.2. The lowest BCUT2D eigenvalue weighted by atomic mass is 10.2. The first-order valence-corrected chi connectivity index (χ1v) is 6.32. The standard InChI is InChI=1S/C14H25NO3/c1-11-6-7-13(18-11)9-15(5)8-12(16)10-17-14(2,3)4/h6-7,12,16H,8-10H2,1-5H3. The molecule has 1 N–H and O–H groups in total. The van der Waals surface area contributed by atoms with Gasteiger partial charge in [-0.15, -0.1) is 0 Å². The second-order valence-corrected chi connectivity index (χ2v) is 5.79. The highest BCUT2D eigenvalue weighted by atomic mass is 16.5. The quantitative estimate of drug-likeness (QED) is 0.846. The van der Waals surface area contributed by atoms with Crippen molar-refractivity contribution in [3.8, 4) is 0 Å². The minimum atomic E-state index is -0.481. The fourth-order valence-corrected chi connectivity index (χ4v) is 1.66. The summed E-state index contributed by atoms with van der Waals surface area (Å²) in [7, 11) is 1.96. The second-order valence-electron chi connectivity index (χ2n) is 5.79. The van der Waals surface area contributed by atoms with Gasteiger partial charge in [0.25, 0.3) is 0 Å². The second kappa shape index (κ2) is 6.36. The van der Waals surface area contributed by atoms with E-state index in [1.165, 1.54) is 0 Å². The Hall–Kier alpha value is -0.840. The Kier molecular flexibility index (Phi) is 5.38. The van der Waals surface area contributed by atoms with Crippen LogP contribution >= 0.6 is 0 Å². The van der Waals surface area contributed by atoms with Crippen LogP contribution < -0.4 is 0 Å². The van der Waals surface area contributed by atoms with Gasteiger partial charge in [0.2, 0.25) is 0 Å². The van der Waals surface area contributed by atoms with E-state index in [2.05, 4.69) is 0 Å². The number of rotatable bonds is 6. The molecule has 0 spiro atoms. The predicted octanol–water partition coefficient (Wildman–Crippen LogP) is 2.20. The summed E-state index contributed by atoms with van der Waals surface area (Å²) in [5, 5.41) is 9.87. The van der Waals surface area contributed by atoms with Crippen molar-refractivity contribution in [3.63, 3.8) is 0 Å². The van der Waals surface area contributed by atoms with Crippen LogP contribution in [0, 0.1) is 6.92 Å². The van der Waals surface area contributed by atoms with Crippen LogP contribution in [0.1, 0.15) is 32.3 Å². The van der Waals surface area contributed by atoms with Gasteiger partial charge in [0.15, 0.2) is 0 Å². The zero-order chi connectivity index (χ0) is 13.8.